The Balaban J connectivity index is 2.29. The summed E-state index contributed by atoms with van der Waals surface area (Å²) >= 11 is 5.83. The van der Waals surface area contributed by atoms with Crippen LogP contribution < -0.4 is 10.6 Å². The summed E-state index contributed by atoms with van der Waals surface area (Å²) in [6.07, 6.45) is 0.440. The van der Waals surface area contributed by atoms with Crippen LogP contribution in [-0.4, -0.2) is 23.1 Å². The van der Waals surface area contributed by atoms with Crippen LogP contribution in [0.5, 0.6) is 0 Å². The Morgan fingerprint density at radius 1 is 1.42 bits per heavy atom. The number of amides is 2. The first-order chi connectivity index (χ1) is 8.97. The number of carbonyl (C=O) groups excluding carboxylic acids is 1. The van der Waals surface area contributed by atoms with E-state index >= 15 is 0 Å². The minimum Gasteiger partial charge on any atom is -0.481 e. The van der Waals surface area contributed by atoms with Gasteiger partial charge < -0.3 is 15.7 Å². The summed E-state index contributed by atoms with van der Waals surface area (Å²) in [6.45, 7) is 2.14. The molecule has 0 aliphatic rings. The zero-order valence-corrected chi connectivity index (χ0v) is 11.4. The van der Waals surface area contributed by atoms with E-state index in [-0.39, 0.29) is 18.5 Å². The maximum Gasteiger partial charge on any atom is 0.315 e. The van der Waals surface area contributed by atoms with Gasteiger partial charge in [-0.05, 0) is 31.0 Å². The summed E-state index contributed by atoms with van der Waals surface area (Å²) in [5.41, 5.74) is 0.904. The molecule has 1 aromatic rings. The maximum absolute atomic E-state index is 11.6. The molecule has 0 fully saturated rings. The van der Waals surface area contributed by atoms with E-state index in [0.717, 1.165) is 5.56 Å². The molecule has 3 N–H and O–H groups in total. The molecule has 1 rings (SSSR count). The fraction of sp³-hybridized carbons (Fsp3) is 0.385. The summed E-state index contributed by atoms with van der Waals surface area (Å²) in [4.78, 5) is 21.9. The van der Waals surface area contributed by atoms with E-state index in [1.54, 1.807) is 19.1 Å². The fourth-order valence-electron chi connectivity index (χ4n) is 1.52. The molecule has 104 valence electrons. The van der Waals surface area contributed by atoms with Crippen LogP contribution >= 0.6 is 11.6 Å². The van der Waals surface area contributed by atoms with Gasteiger partial charge in [-0.1, -0.05) is 23.7 Å². The molecular weight excluding hydrogens is 268 g/mol. The summed E-state index contributed by atoms with van der Waals surface area (Å²) in [5.74, 6) is -0.868. The molecule has 0 radical (unpaired) electrons. The van der Waals surface area contributed by atoms with Crippen LogP contribution in [0.1, 0.15) is 25.3 Å². The first-order valence-electron chi connectivity index (χ1n) is 5.98. The van der Waals surface area contributed by atoms with Crippen LogP contribution in [0.4, 0.5) is 4.79 Å². The SMILES string of the molecule is CC(CCC(=O)O)NC(=O)NCc1cccc(Cl)c1. The third-order valence-electron chi connectivity index (χ3n) is 2.51. The molecule has 5 nitrogen and oxygen atoms in total. The molecule has 0 aromatic heterocycles. The second kappa shape index (κ2) is 7.63. The van der Waals surface area contributed by atoms with Crippen LogP contribution in [0.15, 0.2) is 24.3 Å². The van der Waals surface area contributed by atoms with Gasteiger partial charge in [-0.3, -0.25) is 4.79 Å². The van der Waals surface area contributed by atoms with E-state index in [9.17, 15) is 9.59 Å². The molecule has 1 atom stereocenters. The number of hydrogen-bond acceptors (Lipinski definition) is 2. The average Bonchev–Trinajstić information content (AvgIpc) is 2.34. The topological polar surface area (TPSA) is 78.4 Å². The number of benzene rings is 1. The molecule has 6 heteroatoms. The second-order valence-corrected chi connectivity index (χ2v) is 4.73. The Hall–Kier alpha value is -1.75. The Bertz CT molecular complexity index is 451. The number of carbonyl (C=O) groups is 2. The van der Waals surface area contributed by atoms with Crippen LogP contribution in [-0.2, 0) is 11.3 Å². The van der Waals surface area contributed by atoms with E-state index in [1.165, 1.54) is 0 Å². The van der Waals surface area contributed by atoms with Crippen molar-refractivity contribution in [3.8, 4) is 0 Å². The van der Waals surface area contributed by atoms with Crippen molar-refractivity contribution in [2.75, 3.05) is 0 Å². The van der Waals surface area contributed by atoms with Crippen molar-refractivity contribution in [2.45, 2.75) is 32.4 Å². The van der Waals surface area contributed by atoms with Crippen molar-refractivity contribution in [1.29, 1.82) is 0 Å². The molecule has 19 heavy (non-hydrogen) atoms. The molecule has 0 aliphatic heterocycles. The van der Waals surface area contributed by atoms with Crippen molar-refractivity contribution in [3.63, 3.8) is 0 Å². The van der Waals surface area contributed by atoms with Crippen molar-refractivity contribution < 1.29 is 14.7 Å². The Labute approximate surface area is 117 Å². The number of hydrogen-bond donors (Lipinski definition) is 3. The summed E-state index contributed by atoms with van der Waals surface area (Å²) in [5, 5.41) is 14.5. The molecule has 0 heterocycles. The first kappa shape index (κ1) is 15.3. The monoisotopic (exact) mass is 284 g/mol. The number of urea groups is 1. The number of carboxylic acid groups (broad SMARTS) is 1. The highest BCUT2D eigenvalue weighted by Crippen LogP contribution is 2.10. The summed E-state index contributed by atoms with van der Waals surface area (Å²) in [7, 11) is 0. The zero-order chi connectivity index (χ0) is 14.3. The molecule has 0 saturated heterocycles. The number of rotatable bonds is 6. The lowest BCUT2D eigenvalue weighted by molar-refractivity contribution is -0.137. The van der Waals surface area contributed by atoms with Gasteiger partial charge in [0.2, 0.25) is 0 Å². The second-order valence-electron chi connectivity index (χ2n) is 4.29. The van der Waals surface area contributed by atoms with E-state index in [4.69, 9.17) is 16.7 Å². The van der Waals surface area contributed by atoms with Crippen molar-refractivity contribution in [3.05, 3.63) is 34.9 Å². The molecule has 0 bridgehead atoms. The zero-order valence-electron chi connectivity index (χ0n) is 10.6. The van der Waals surface area contributed by atoms with E-state index in [0.29, 0.717) is 18.0 Å². The minimum atomic E-state index is -0.868. The molecule has 2 amide bonds. The number of halogens is 1. The van der Waals surface area contributed by atoms with E-state index in [2.05, 4.69) is 10.6 Å². The van der Waals surface area contributed by atoms with E-state index < -0.39 is 5.97 Å². The molecule has 0 saturated carbocycles. The highest BCUT2D eigenvalue weighted by Gasteiger charge is 2.08. The predicted molar refractivity (Wildman–Crippen MR) is 73.2 cm³/mol. The van der Waals surface area contributed by atoms with Crippen molar-refractivity contribution >= 4 is 23.6 Å². The highest BCUT2D eigenvalue weighted by atomic mass is 35.5. The molecule has 0 spiro atoms. The summed E-state index contributed by atoms with van der Waals surface area (Å²) in [6, 6.07) is 6.70. The lowest BCUT2D eigenvalue weighted by Gasteiger charge is -2.13. The van der Waals surface area contributed by atoms with Crippen molar-refractivity contribution in [2.24, 2.45) is 0 Å². The van der Waals surface area contributed by atoms with Gasteiger partial charge in [0, 0.05) is 24.0 Å². The molecule has 0 aliphatic carbocycles. The number of carboxylic acids is 1. The molecule has 1 aromatic carbocycles. The maximum atomic E-state index is 11.6. The molecule has 1 unspecified atom stereocenters. The largest absolute Gasteiger partial charge is 0.481 e. The number of aliphatic carboxylic acids is 1. The predicted octanol–water partition coefficient (Wildman–Crippen LogP) is 2.39. The van der Waals surface area contributed by atoms with E-state index in [1.807, 2.05) is 12.1 Å². The van der Waals surface area contributed by atoms with Gasteiger partial charge in [0.15, 0.2) is 0 Å². The average molecular weight is 285 g/mol. The quantitative estimate of drug-likeness (QED) is 0.750. The lowest BCUT2D eigenvalue weighted by Crippen LogP contribution is -2.40. The van der Waals surface area contributed by atoms with Gasteiger partial charge in [-0.15, -0.1) is 0 Å². The van der Waals surface area contributed by atoms with Gasteiger partial charge in [0.05, 0.1) is 0 Å². The fourth-order valence-corrected chi connectivity index (χ4v) is 1.73. The Morgan fingerprint density at radius 2 is 2.16 bits per heavy atom. The lowest BCUT2D eigenvalue weighted by atomic mass is 10.2. The van der Waals surface area contributed by atoms with Crippen molar-refractivity contribution in [1.82, 2.24) is 10.6 Å². The van der Waals surface area contributed by atoms with Crippen LogP contribution in [0.25, 0.3) is 0 Å². The Kier molecular flexibility index (Phi) is 6.15. The summed E-state index contributed by atoms with van der Waals surface area (Å²) < 4.78 is 0. The standard InChI is InChI=1S/C13H17ClN2O3/c1-9(5-6-12(17)18)16-13(19)15-8-10-3-2-4-11(14)7-10/h2-4,7,9H,5-6,8H2,1H3,(H,17,18)(H2,15,16,19). The normalized spacial score (nSPS) is 11.7. The van der Waals surface area contributed by atoms with Crippen LogP contribution in [0.2, 0.25) is 5.02 Å². The third kappa shape index (κ3) is 6.67. The van der Waals surface area contributed by atoms with Gasteiger partial charge in [0.1, 0.15) is 0 Å². The van der Waals surface area contributed by atoms with Crippen LogP contribution in [0.3, 0.4) is 0 Å². The Morgan fingerprint density at radius 3 is 2.79 bits per heavy atom. The third-order valence-corrected chi connectivity index (χ3v) is 2.75. The van der Waals surface area contributed by atoms with Gasteiger partial charge in [-0.2, -0.15) is 0 Å². The smallest absolute Gasteiger partial charge is 0.315 e. The highest BCUT2D eigenvalue weighted by molar-refractivity contribution is 6.30. The number of nitrogens with one attached hydrogen (secondary N) is 2. The van der Waals surface area contributed by atoms with Gasteiger partial charge in [-0.25, -0.2) is 4.79 Å². The minimum absolute atomic E-state index is 0.0374. The first-order valence-corrected chi connectivity index (χ1v) is 6.36. The van der Waals surface area contributed by atoms with Crippen LogP contribution in [0, 0.1) is 0 Å². The molecular formula is C13H17ClN2O3. The van der Waals surface area contributed by atoms with Gasteiger partial charge in [0.25, 0.3) is 0 Å². The van der Waals surface area contributed by atoms with Gasteiger partial charge >= 0.3 is 12.0 Å².